The van der Waals surface area contributed by atoms with Gasteiger partial charge in [0.05, 0.1) is 6.33 Å². The van der Waals surface area contributed by atoms with Crippen molar-refractivity contribution in [2.45, 2.75) is 26.3 Å². The van der Waals surface area contributed by atoms with Crippen molar-refractivity contribution in [2.75, 3.05) is 11.9 Å². The number of anilines is 1. The molecule has 0 bridgehead atoms. The third-order valence-corrected chi connectivity index (χ3v) is 4.47. The van der Waals surface area contributed by atoms with Crippen molar-refractivity contribution in [3.8, 4) is 0 Å². The molecular weight excluding hydrogens is 318 g/mol. The maximum atomic E-state index is 12.4. The number of nitrogens with one attached hydrogen (secondary N) is 1. The van der Waals surface area contributed by atoms with E-state index in [1.165, 1.54) is 17.2 Å². The molecule has 0 saturated heterocycles. The van der Waals surface area contributed by atoms with Gasteiger partial charge in [0.25, 0.3) is 5.56 Å². The Morgan fingerprint density at radius 3 is 2.56 bits per heavy atom. The summed E-state index contributed by atoms with van der Waals surface area (Å²) in [5, 5.41) is 3.43. The highest BCUT2D eigenvalue weighted by molar-refractivity contribution is 5.70. The molecule has 2 aromatic heterocycles. The van der Waals surface area contributed by atoms with Crippen LogP contribution in [0.2, 0.25) is 0 Å². The average molecular weight is 341 g/mol. The summed E-state index contributed by atoms with van der Waals surface area (Å²) in [6.45, 7) is 5.56. The van der Waals surface area contributed by atoms with Gasteiger partial charge in [-0.15, -0.1) is 0 Å². The van der Waals surface area contributed by atoms with Gasteiger partial charge in [-0.1, -0.05) is 32.0 Å². The Labute approximate surface area is 145 Å². The molecule has 3 rings (SSSR count). The van der Waals surface area contributed by atoms with Gasteiger partial charge in [-0.2, -0.15) is 0 Å². The zero-order valence-electron chi connectivity index (χ0n) is 15.0. The fraction of sp³-hybridized carbons (Fsp3) is 0.389. The number of hydrogen-bond acceptors (Lipinski definition) is 4. The summed E-state index contributed by atoms with van der Waals surface area (Å²) in [5.41, 5.74) is 2.53. The van der Waals surface area contributed by atoms with Crippen LogP contribution in [0.1, 0.15) is 25.3 Å². The van der Waals surface area contributed by atoms with Gasteiger partial charge >= 0.3 is 5.69 Å². The van der Waals surface area contributed by atoms with E-state index >= 15 is 0 Å². The SMILES string of the molecule is CC(C)c1ccccc1NCCn1cnc2c1c(=O)n(C)c(=O)n2C. The number of hydrogen-bond donors (Lipinski definition) is 1. The molecule has 132 valence electrons. The summed E-state index contributed by atoms with van der Waals surface area (Å²) in [6.07, 6.45) is 1.61. The van der Waals surface area contributed by atoms with Crippen LogP contribution in [-0.2, 0) is 20.6 Å². The molecule has 0 fully saturated rings. The van der Waals surface area contributed by atoms with Gasteiger partial charge in [0.15, 0.2) is 11.2 Å². The number of imidazole rings is 1. The van der Waals surface area contributed by atoms with E-state index in [1.807, 2.05) is 12.1 Å². The molecule has 0 unspecified atom stereocenters. The first-order chi connectivity index (χ1) is 11.9. The largest absolute Gasteiger partial charge is 0.383 e. The highest BCUT2D eigenvalue weighted by Crippen LogP contribution is 2.23. The van der Waals surface area contributed by atoms with Crippen molar-refractivity contribution in [1.29, 1.82) is 0 Å². The van der Waals surface area contributed by atoms with E-state index in [1.54, 1.807) is 17.9 Å². The molecule has 0 atom stereocenters. The first kappa shape index (κ1) is 17.0. The number of fused-ring (bicyclic) bond motifs is 1. The van der Waals surface area contributed by atoms with Gasteiger partial charge in [0.1, 0.15) is 0 Å². The van der Waals surface area contributed by atoms with Gasteiger partial charge in [-0.25, -0.2) is 9.78 Å². The highest BCUT2D eigenvalue weighted by atomic mass is 16.2. The Hall–Kier alpha value is -2.83. The zero-order valence-corrected chi connectivity index (χ0v) is 15.0. The summed E-state index contributed by atoms with van der Waals surface area (Å²) in [5.74, 6) is 0.430. The van der Waals surface area contributed by atoms with Gasteiger partial charge in [-0.3, -0.25) is 13.9 Å². The minimum Gasteiger partial charge on any atom is -0.383 e. The monoisotopic (exact) mass is 341 g/mol. The highest BCUT2D eigenvalue weighted by Gasteiger charge is 2.14. The number of aryl methyl sites for hydroxylation is 1. The van der Waals surface area contributed by atoms with Crippen LogP contribution in [0.3, 0.4) is 0 Å². The van der Waals surface area contributed by atoms with E-state index in [0.29, 0.717) is 30.2 Å². The number of benzene rings is 1. The normalized spacial score (nSPS) is 11.4. The summed E-state index contributed by atoms with van der Waals surface area (Å²) in [7, 11) is 3.11. The van der Waals surface area contributed by atoms with Crippen molar-refractivity contribution >= 4 is 16.9 Å². The van der Waals surface area contributed by atoms with Crippen LogP contribution in [0.5, 0.6) is 0 Å². The first-order valence-corrected chi connectivity index (χ1v) is 8.35. The molecule has 3 aromatic rings. The summed E-state index contributed by atoms with van der Waals surface area (Å²) < 4.78 is 4.30. The van der Waals surface area contributed by atoms with E-state index < -0.39 is 0 Å². The molecule has 25 heavy (non-hydrogen) atoms. The molecule has 7 nitrogen and oxygen atoms in total. The molecule has 7 heteroatoms. The van der Waals surface area contributed by atoms with Crippen LogP contribution >= 0.6 is 0 Å². The third kappa shape index (κ3) is 2.97. The minimum atomic E-state index is -0.369. The van der Waals surface area contributed by atoms with Gasteiger partial charge in [0.2, 0.25) is 0 Å². The quantitative estimate of drug-likeness (QED) is 0.766. The molecule has 0 aliphatic rings. The number of aromatic nitrogens is 4. The molecule has 2 heterocycles. The molecule has 0 amide bonds. The molecule has 0 aliphatic heterocycles. The molecule has 1 aromatic carbocycles. The lowest BCUT2D eigenvalue weighted by Gasteiger charge is -2.15. The molecule has 0 radical (unpaired) electrons. The van der Waals surface area contributed by atoms with Crippen LogP contribution in [0.15, 0.2) is 40.2 Å². The Morgan fingerprint density at radius 2 is 1.84 bits per heavy atom. The second-order valence-electron chi connectivity index (χ2n) is 6.48. The topological polar surface area (TPSA) is 73.8 Å². The van der Waals surface area contributed by atoms with Crippen LogP contribution in [0.25, 0.3) is 11.2 Å². The molecular formula is C18H23N5O2. The second kappa shape index (κ2) is 6.58. The van der Waals surface area contributed by atoms with Crippen LogP contribution in [0, 0.1) is 0 Å². The summed E-state index contributed by atoms with van der Waals surface area (Å²) in [6, 6.07) is 8.22. The Kier molecular flexibility index (Phi) is 4.48. The lowest BCUT2D eigenvalue weighted by atomic mass is 10.0. The van der Waals surface area contributed by atoms with E-state index in [0.717, 1.165) is 10.3 Å². The average Bonchev–Trinajstić information content (AvgIpc) is 3.02. The number of para-hydroxylation sites is 1. The van der Waals surface area contributed by atoms with Crippen molar-refractivity contribution in [3.05, 3.63) is 57.0 Å². The van der Waals surface area contributed by atoms with Gasteiger partial charge < -0.3 is 9.88 Å². The fourth-order valence-corrected chi connectivity index (χ4v) is 3.04. The zero-order chi connectivity index (χ0) is 18.1. The summed E-state index contributed by atoms with van der Waals surface area (Å²) in [4.78, 5) is 28.6. The lowest BCUT2D eigenvalue weighted by Crippen LogP contribution is -2.37. The van der Waals surface area contributed by atoms with E-state index in [2.05, 4.69) is 36.3 Å². The number of rotatable bonds is 5. The van der Waals surface area contributed by atoms with E-state index in [-0.39, 0.29) is 11.2 Å². The van der Waals surface area contributed by atoms with E-state index in [4.69, 9.17) is 0 Å². The van der Waals surface area contributed by atoms with Crippen molar-refractivity contribution in [3.63, 3.8) is 0 Å². The van der Waals surface area contributed by atoms with E-state index in [9.17, 15) is 9.59 Å². The van der Waals surface area contributed by atoms with Crippen molar-refractivity contribution in [2.24, 2.45) is 14.1 Å². The maximum absolute atomic E-state index is 12.4. The standard InChI is InChI=1S/C18H23N5O2/c1-12(2)13-7-5-6-8-14(13)19-9-10-23-11-20-16-15(23)17(24)22(4)18(25)21(16)3/h5-8,11-12,19H,9-10H2,1-4H3. The van der Waals surface area contributed by atoms with Crippen LogP contribution < -0.4 is 16.6 Å². The van der Waals surface area contributed by atoms with Crippen LogP contribution in [0.4, 0.5) is 5.69 Å². The number of nitrogens with zero attached hydrogens (tertiary/aromatic N) is 4. The smallest absolute Gasteiger partial charge is 0.332 e. The molecule has 0 saturated carbocycles. The van der Waals surface area contributed by atoms with Crippen molar-refractivity contribution in [1.82, 2.24) is 18.7 Å². The predicted molar refractivity (Wildman–Crippen MR) is 99.2 cm³/mol. The molecule has 0 aliphatic carbocycles. The van der Waals surface area contributed by atoms with Gasteiger partial charge in [0, 0.05) is 32.9 Å². The summed E-state index contributed by atoms with van der Waals surface area (Å²) >= 11 is 0. The predicted octanol–water partition coefficient (Wildman–Crippen LogP) is 1.67. The maximum Gasteiger partial charge on any atom is 0.332 e. The third-order valence-electron chi connectivity index (χ3n) is 4.47. The Balaban J connectivity index is 1.86. The molecule has 0 spiro atoms. The Morgan fingerprint density at radius 1 is 1.12 bits per heavy atom. The van der Waals surface area contributed by atoms with Crippen LogP contribution in [-0.4, -0.2) is 25.2 Å². The first-order valence-electron chi connectivity index (χ1n) is 8.35. The van der Waals surface area contributed by atoms with Crippen molar-refractivity contribution < 1.29 is 0 Å². The van der Waals surface area contributed by atoms with Gasteiger partial charge in [-0.05, 0) is 17.5 Å². The minimum absolute atomic E-state index is 0.321. The molecule has 1 N–H and O–H groups in total. The second-order valence-corrected chi connectivity index (χ2v) is 6.48. The Bertz CT molecular complexity index is 1030. The fourth-order valence-electron chi connectivity index (χ4n) is 3.04. The lowest BCUT2D eigenvalue weighted by molar-refractivity contribution is 0.695.